The highest BCUT2D eigenvalue weighted by Gasteiger charge is 2.41. The molecule has 25 nitrogen and oxygen atoms in total. The Bertz CT molecular complexity index is 2450. The summed E-state index contributed by atoms with van der Waals surface area (Å²) in [5.41, 5.74) is 16.2. The summed E-state index contributed by atoms with van der Waals surface area (Å²) in [4.78, 5) is 133. The van der Waals surface area contributed by atoms with Crippen molar-refractivity contribution in [1.29, 1.82) is 0 Å². The van der Waals surface area contributed by atoms with E-state index in [9.17, 15) is 58.5 Å². The average Bonchev–Trinajstić information content (AvgIpc) is 4.08. The SMILES string of the molecule is CC[C@H](C)[C@H](NC(=O)[C@H](Cc1ccc(O)cc1)NC(=O)[C@@H](NC(=O)[C@H](CCC[NH+]=C(N)N)NC(=O)[C@@H]([NH3+])CC(=O)O)C(C)C)C(=O)N[C@@H](Cc1cnc[nH]1)C(=O)N1CCC[C@H]1C(=O)N[C@@H](Cc1ccccc1)C(=O)O. The van der Waals surface area contributed by atoms with E-state index in [1.54, 1.807) is 58.0 Å². The molecule has 0 bridgehead atoms. The Kier molecular flexibility index (Phi) is 23.0. The number of imidazole rings is 1. The number of quaternary nitrogens is 1. The number of hydrogen-bond donors (Lipinski definition) is 14. The fourth-order valence-electron chi connectivity index (χ4n) is 8.38. The molecule has 0 aliphatic carbocycles. The largest absolute Gasteiger partial charge is 0.508 e. The molecule has 75 heavy (non-hydrogen) atoms. The van der Waals surface area contributed by atoms with E-state index in [4.69, 9.17) is 11.5 Å². The van der Waals surface area contributed by atoms with E-state index < -0.39 is 120 Å². The van der Waals surface area contributed by atoms with Crippen molar-refractivity contribution in [2.75, 3.05) is 13.1 Å². The number of carbonyl (C=O) groups excluding carboxylic acids is 7. The van der Waals surface area contributed by atoms with Crippen LogP contribution in [0, 0.1) is 11.8 Å². The predicted molar refractivity (Wildman–Crippen MR) is 270 cm³/mol. The third-order valence-corrected chi connectivity index (χ3v) is 12.8. The van der Waals surface area contributed by atoms with Crippen molar-refractivity contribution in [2.24, 2.45) is 23.3 Å². The number of carbonyl (C=O) groups is 9. The number of benzene rings is 2. The number of rotatable bonds is 29. The molecule has 0 spiro atoms. The number of nitrogens with one attached hydrogen (secondary N) is 8. The monoisotopic (exact) mass is 1050 g/mol. The lowest BCUT2D eigenvalue weighted by molar-refractivity contribution is -0.459. The van der Waals surface area contributed by atoms with Gasteiger partial charge in [-0.15, -0.1) is 0 Å². The van der Waals surface area contributed by atoms with Crippen LogP contribution in [0.25, 0.3) is 0 Å². The average molecular weight is 1050 g/mol. The molecule has 2 heterocycles. The number of phenolic OH excluding ortho intramolecular Hbond substituents is 1. The first-order valence-electron chi connectivity index (χ1n) is 24.9. The van der Waals surface area contributed by atoms with E-state index in [1.165, 1.54) is 41.7 Å². The van der Waals surface area contributed by atoms with Crippen molar-refractivity contribution in [1.82, 2.24) is 46.8 Å². The van der Waals surface area contributed by atoms with Crippen molar-refractivity contribution in [3.05, 3.63) is 83.9 Å². The van der Waals surface area contributed by atoms with Gasteiger partial charge in [0.2, 0.25) is 35.4 Å². The number of likely N-dealkylation sites (tertiary alicyclic amines) is 1. The predicted octanol–water partition coefficient (Wildman–Crippen LogP) is -3.95. The minimum atomic E-state index is -1.41. The lowest BCUT2D eigenvalue weighted by atomic mass is 9.96. The number of carboxylic acids is 2. The number of amides is 7. The molecule has 2 aromatic carbocycles. The zero-order valence-electron chi connectivity index (χ0n) is 42.7. The maximum atomic E-state index is 14.6. The number of phenols is 1. The molecule has 25 heteroatoms. The van der Waals surface area contributed by atoms with Gasteiger partial charge in [-0.25, -0.2) is 9.78 Å². The molecule has 1 fully saturated rings. The standard InChI is InChI=1S/C50H71N13O12/c1-5-28(4)41(47(72)59-36(23-31-25-54-26-56-31)48(73)63-20-10-14-38(63)45(70)60-37(49(74)75)22-29-11-7-6-8-12-29)62-44(69)35(21-30-15-17-32(64)18-16-30)58-46(71)40(27(2)3)61-43(68)34(13-9-19-55-50(52)53)57-42(67)33(51)24-39(65)66/h6-8,11-12,15-18,25-28,33-38,40-41,64H,5,9-10,13-14,19-24,51H2,1-4H3,(H,54,56)(H,57,67)(H,58,71)(H,59,72)(H,60,70)(H,61,68)(H,62,69)(H,65,66)(H,74,75)(H4,52,53,55)/p+2/t28-,33-,34-,35-,36-,37-,38-,40-,41-/m0/s1. The van der Waals surface area contributed by atoms with Crippen LogP contribution >= 0.6 is 0 Å². The van der Waals surface area contributed by atoms with Gasteiger partial charge < -0.3 is 62.8 Å². The second-order valence-electron chi connectivity index (χ2n) is 19.0. The number of aromatic nitrogens is 2. The summed E-state index contributed by atoms with van der Waals surface area (Å²) in [7, 11) is 0. The van der Waals surface area contributed by atoms with E-state index in [1.807, 2.05) is 0 Å². The quantitative estimate of drug-likeness (QED) is 0.0179. The molecule has 1 aliphatic heterocycles. The maximum absolute atomic E-state index is 14.6. The molecule has 9 atom stereocenters. The summed E-state index contributed by atoms with van der Waals surface area (Å²) in [5, 5.41) is 45.3. The molecule has 0 unspecified atom stereocenters. The van der Waals surface area contributed by atoms with Crippen LogP contribution in [0.15, 0.2) is 67.1 Å². The van der Waals surface area contributed by atoms with Crippen molar-refractivity contribution in [2.45, 2.75) is 134 Å². The molecule has 0 saturated carbocycles. The normalized spacial score (nSPS) is 16.3. The first kappa shape index (κ1) is 59.5. The topological polar surface area (TPSA) is 412 Å². The Morgan fingerprint density at radius 2 is 1.36 bits per heavy atom. The van der Waals surface area contributed by atoms with Crippen molar-refractivity contribution in [3.63, 3.8) is 0 Å². The summed E-state index contributed by atoms with van der Waals surface area (Å²) in [6.45, 7) is 7.09. The zero-order chi connectivity index (χ0) is 55.4. The van der Waals surface area contributed by atoms with Gasteiger partial charge in [-0.1, -0.05) is 76.6 Å². The van der Waals surface area contributed by atoms with E-state index in [0.29, 0.717) is 29.7 Å². The van der Waals surface area contributed by atoms with Crippen molar-refractivity contribution in [3.8, 4) is 5.75 Å². The van der Waals surface area contributed by atoms with Gasteiger partial charge in [0, 0.05) is 37.7 Å². The van der Waals surface area contributed by atoms with Gasteiger partial charge >= 0.3 is 17.9 Å². The second kappa shape index (κ2) is 29.0. The highest BCUT2D eigenvalue weighted by atomic mass is 16.4. The van der Waals surface area contributed by atoms with Crippen molar-refractivity contribution >= 4 is 59.2 Å². The minimum absolute atomic E-state index is 0.000278. The molecule has 4 rings (SSSR count). The third-order valence-electron chi connectivity index (χ3n) is 12.8. The van der Waals surface area contributed by atoms with Crippen LogP contribution in [0.5, 0.6) is 5.75 Å². The number of H-pyrrole nitrogens is 1. The van der Waals surface area contributed by atoms with Gasteiger partial charge in [-0.2, -0.15) is 0 Å². The molecular formula is C50H73N13O12+2. The molecule has 1 aromatic heterocycles. The van der Waals surface area contributed by atoms with Gasteiger partial charge in [-0.3, -0.25) is 54.8 Å². The lowest BCUT2D eigenvalue weighted by Gasteiger charge is -2.32. The third kappa shape index (κ3) is 18.7. The Morgan fingerprint density at radius 1 is 0.760 bits per heavy atom. The fourth-order valence-corrected chi connectivity index (χ4v) is 8.38. The van der Waals surface area contributed by atoms with Crippen molar-refractivity contribution < 1.29 is 69.2 Å². The maximum Gasteiger partial charge on any atom is 0.338 e. The van der Waals surface area contributed by atoms with Crippen LogP contribution in [-0.2, 0) is 62.4 Å². The number of nitrogens with zero attached hydrogens (tertiary/aromatic N) is 2. The van der Waals surface area contributed by atoms with Crippen LogP contribution in [0.2, 0.25) is 0 Å². The highest BCUT2D eigenvalue weighted by Crippen LogP contribution is 2.21. The summed E-state index contributed by atoms with van der Waals surface area (Å²) in [6.07, 6.45) is 3.21. The van der Waals surface area contributed by atoms with E-state index in [2.05, 4.69) is 52.6 Å². The number of carboxylic acid groups (broad SMARTS) is 2. The molecule has 408 valence electrons. The first-order valence-corrected chi connectivity index (χ1v) is 24.9. The van der Waals surface area contributed by atoms with Crippen LogP contribution in [-0.4, -0.2) is 151 Å². The Morgan fingerprint density at radius 3 is 1.96 bits per heavy atom. The number of aromatic hydroxyl groups is 1. The fraction of sp³-hybridized carbons (Fsp3) is 0.500. The summed E-state index contributed by atoms with van der Waals surface area (Å²) in [6, 6.07) is 4.37. The molecule has 1 aliphatic rings. The van der Waals surface area contributed by atoms with Gasteiger partial charge in [0.05, 0.1) is 12.9 Å². The van der Waals surface area contributed by atoms with Crippen LogP contribution in [0.3, 0.4) is 0 Å². The summed E-state index contributed by atoms with van der Waals surface area (Å²) >= 11 is 0. The number of aromatic amines is 1. The summed E-state index contributed by atoms with van der Waals surface area (Å²) < 4.78 is 0. The van der Waals surface area contributed by atoms with Gasteiger partial charge in [0.15, 0.2) is 6.04 Å². The molecule has 1 saturated heterocycles. The van der Waals surface area contributed by atoms with Crippen LogP contribution in [0.4, 0.5) is 0 Å². The Balaban J connectivity index is 1.59. The van der Waals surface area contributed by atoms with Gasteiger partial charge in [-0.05, 0) is 60.8 Å². The zero-order valence-corrected chi connectivity index (χ0v) is 42.7. The number of hydrogen-bond acceptors (Lipinski definition) is 11. The number of nitrogens with two attached hydrogens (primary N) is 2. The Labute approximate surface area is 434 Å². The first-order chi connectivity index (χ1) is 35.6. The number of aliphatic carboxylic acids is 2. The molecule has 0 radical (unpaired) electrons. The lowest BCUT2D eigenvalue weighted by Crippen LogP contribution is -2.78. The van der Waals surface area contributed by atoms with Crippen LogP contribution < -0.4 is 54.1 Å². The summed E-state index contributed by atoms with van der Waals surface area (Å²) in [5.74, 6) is -9.20. The van der Waals surface area contributed by atoms with E-state index in [0.717, 1.165) is 0 Å². The van der Waals surface area contributed by atoms with E-state index >= 15 is 0 Å². The second-order valence-corrected chi connectivity index (χ2v) is 19.0. The Hall–Kier alpha value is -8.09. The smallest absolute Gasteiger partial charge is 0.338 e. The van der Waals surface area contributed by atoms with Gasteiger partial charge in [0.1, 0.15) is 54.5 Å². The van der Waals surface area contributed by atoms with Gasteiger partial charge in [0.25, 0.3) is 5.91 Å². The molecule has 18 N–H and O–H groups in total. The minimum Gasteiger partial charge on any atom is -0.508 e. The van der Waals surface area contributed by atoms with Crippen LogP contribution in [0.1, 0.15) is 83.0 Å². The van der Waals surface area contributed by atoms with E-state index in [-0.39, 0.29) is 63.3 Å². The number of guanidine groups is 1. The highest BCUT2D eigenvalue weighted by molar-refractivity contribution is 5.98. The molecular weight excluding hydrogens is 975 g/mol. The molecule has 7 amide bonds. The molecule has 3 aromatic rings.